The SMILES string of the molecule is c1cc(C2=NCCN2)cc(-c2ccco2)c1. The summed E-state index contributed by atoms with van der Waals surface area (Å²) in [7, 11) is 0. The van der Waals surface area contributed by atoms with E-state index in [0.717, 1.165) is 35.8 Å². The Balaban J connectivity index is 2.00. The summed E-state index contributed by atoms with van der Waals surface area (Å²) >= 11 is 0. The minimum absolute atomic E-state index is 0.861. The number of amidine groups is 1. The van der Waals surface area contributed by atoms with Crippen molar-refractivity contribution in [2.75, 3.05) is 13.1 Å². The highest BCUT2D eigenvalue weighted by molar-refractivity contribution is 6.00. The summed E-state index contributed by atoms with van der Waals surface area (Å²) in [5, 5.41) is 3.26. The number of benzene rings is 1. The van der Waals surface area contributed by atoms with Gasteiger partial charge in [0.05, 0.1) is 12.8 Å². The fourth-order valence-corrected chi connectivity index (χ4v) is 1.85. The molecule has 0 unspecified atom stereocenters. The molecule has 0 amide bonds. The summed E-state index contributed by atoms with van der Waals surface area (Å²) in [6, 6.07) is 12.1. The summed E-state index contributed by atoms with van der Waals surface area (Å²) in [5.74, 6) is 1.87. The van der Waals surface area contributed by atoms with E-state index in [4.69, 9.17) is 4.42 Å². The molecule has 3 rings (SSSR count). The molecule has 0 saturated carbocycles. The molecule has 0 aliphatic carbocycles. The van der Waals surface area contributed by atoms with E-state index in [2.05, 4.69) is 22.4 Å². The Bertz CT molecular complexity index is 514. The number of rotatable bonds is 2. The molecule has 0 atom stereocenters. The van der Waals surface area contributed by atoms with Crippen LogP contribution in [0.15, 0.2) is 52.1 Å². The van der Waals surface area contributed by atoms with Crippen LogP contribution in [0.5, 0.6) is 0 Å². The van der Waals surface area contributed by atoms with Gasteiger partial charge in [0, 0.05) is 17.7 Å². The minimum Gasteiger partial charge on any atom is -0.464 e. The molecule has 16 heavy (non-hydrogen) atoms. The number of nitrogens with zero attached hydrogens (tertiary/aromatic N) is 1. The third-order valence-electron chi connectivity index (χ3n) is 2.62. The van der Waals surface area contributed by atoms with Crippen LogP contribution in [0.4, 0.5) is 0 Å². The van der Waals surface area contributed by atoms with Crippen LogP contribution in [0.3, 0.4) is 0 Å². The largest absolute Gasteiger partial charge is 0.464 e. The topological polar surface area (TPSA) is 37.5 Å². The quantitative estimate of drug-likeness (QED) is 0.829. The first-order chi connectivity index (χ1) is 7.93. The maximum atomic E-state index is 5.38. The molecule has 0 saturated heterocycles. The van der Waals surface area contributed by atoms with E-state index in [1.807, 2.05) is 24.3 Å². The maximum Gasteiger partial charge on any atom is 0.133 e. The molecule has 0 spiro atoms. The van der Waals surface area contributed by atoms with Gasteiger partial charge in [0.15, 0.2) is 0 Å². The summed E-state index contributed by atoms with van der Waals surface area (Å²) in [6.45, 7) is 1.79. The second-order valence-corrected chi connectivity index (χ2v) is 3.72. The summed E-state index contributed by atoms with van der Waals surface area (Å²) in [5.41, 5.74) is 2.20. The van der Waals surface area contributed by atoms with E-state index in [-0.39, 0.29) is 0 Å². The number of hydrogen-bond donors (Lipinski definition) is 1. The maximum absolute atomic E-state index is 5.38. The Hall–Kier alpha value is -2.03. The zero-order valence-corrected chi connectivity index (χ0v) is 8.81. The molecular formula is C13H12N2O. The van der Waals surface area contributed by atoms with Crippen molar-refractivity contribution < 1.29 is 4.42 Å². The van der Waals surface area contributed by atoms with Crippen molar-refractivity contribution in [1.29, 1.82) is 0 Å². The van der Waals surface area contributed by atoms with E-state index in [9.17, 15) is 0 Å². The summed E-state index contributed by atoms with van der Waals surface area (Å²) in [4.78, 5) is 4.40. The van der Waals surface area contributed by atoms with Gasteiger partial charge in [-0.2, -0.15) is 0 Å². The van der Waals surface area contributed by atoms with Gasteiger partial charge in [0.25, 0.3) is 0 Å². The van der Waals surface area contributed by atoms with Crippen molar-refractivity contribution in [2.24, 2.45) is 4.99 Å². The molecule has 0 fully saturated rings. The Labute approximate surface area is 93.8 Å². The number of furan rings is 1. The molecule has 0 bridgehead atoms. The van der Waals surface area contributed by atoms with Gasteiger partial charge in [-0.25, -0.2) is 0 Å². The third-order valence-corrected chi connectivity index (χ3v) is 2.62. The van der Waals surface area contributed by atoms with Crippen LogP contribution < -0.4 is 5.32 Å². The molecule has 80 valence electrons. The number of nitrogens with one attached hydrogen (secondary N) is 1. The van der Waals surface area contributed by atoms with Crippen LogP contribution in [-0.4, -0.2) is 18.9 Å². The lowest BCUT2D eigenvalue weighted by Gasteiger charge is -2.04. The van der Waals surface area contributed by atoms with Gasteiger partial charge in [0.2, 0.25) is 0 Å². The van der Waals surface area contributed by atoms with Crippen LogP contribution in [-0.2, 0) is 0 Å². The summed E-state index contributed by atoms with van der Waals surface area (Å²) < 4.78 is 5.38. The molecule has 1 aliphatic rings. The predicted molar refractivity (Wildman–Crippen MR) is 63.6 cm³/mol. The minimum atomic E-state index is 0.861. The highest BCUT2D eigenvalue weighted by Gasteiger charge is 2.09. The fourth-order valence-electron chi connectivity index (χ4n) is 1.85. The van der Waals surface area contributed by atoms with Crippen molar-refractivity contribution in [2.45, 2.75) is 0 Å². The molecule has 1 aromatic heterocycles. The van der Waals surface area contributed by atoms with Gasteiger partial charge in [-0.05, 0) is 18.2 Å². The average molecular weight is 212 g/mol. The van der Waals surface area contributed by atoms with E-state index in [1.54, 1.807) is 6.26 Å². The van der Waals surface area contributed by atoms with Gasteiger partial charge in [-0.3, -0.25) is 4.99 Å². The van der Waals surface area contributed by atoms with E-state index in [1.165, 1.54) is 0 Å². The van der Waals surface area contributed by atoms with E-state index < -0.39 is 0 Å². The first-order valence-electron chi connectivity index (χ1n) is 5.36. The van der Waals surface area contributed by atoms with Gasteiger partial charge in [-0.1, -0.05) is 18.2 Å². The van der Waals surface area contributed by atoms with Gasteiger partial charge >= 0.3 is 0 Å². The zero-order valence-electron chi connectivity index (χ0n) is 8.81. The Morgan fingerprint density at radius 2 is 2.06 bits per heavy atom. The van der Waals surface area contributed by atoms with Gasteiger partial charge < -0.3 is 9.73 Å². The lowest BCUT2D eigenvalue weighted by Crippen LogP contribution is -2.19. The fraction of sp³-hybridized carbons (Fsp3) is 0.154. The standard InChI is InChI=1S/C13H12N2O/c1-3-10(12-5-2-8-16-12)9-11(4-1)13-14-6-7-15-13/h1-5,8-9H,6-7H2,(H,14,15). The van der Waals surface area contributed by atoms with Crippen molar-refractivity contribution >= 4 is 5.84 Å². The Morgan fingerprint density at radius 1 is 1.12 bits per heavy atom. The Morgan fingerprint density at radius 3 is 2.81 bits per heavy atom. The highest BCUT2D eigenvalue weighted by atomic mass is 16.3. The first-order valence-corrected chi connectivity index (χ1v) is 5.36. The van der Waals surface area contributed by atoms with E-state index >= 15 is 0 Å². The van der Waals surface area contributed by atoms with Crippen LogP contribution in [0, 0.1) is 0 Å². The van der Waals surface area contributed by atoms with Crippen molar-refractivity contribution in [3.63, 3.8) is 0 Å². The molecule has 2 aromatic rings. The molecule has 1 N–H and O–H groups in total. The normalized spacial score (nSPS) is 14.6. The monoisotopic (exact) mass is 212 g/mol. The predicted octanol–water partition coefficient (Wildman–Crippen LogP) is 2.30. The van der Waals surface area contributed by atoms with Gasteiger partial charge in [0.1, 0.15) is 11.6 Å². The molecule has 1 aliphatic heterocycles. The lowest BCUT2D eigenvalue weighted by molar-refractivity contribution is 0.582. The third kappa shape index (κ3) is 1.60. The van der Waals surface area contributed by atoms with Crippen molar-refractivity contribution in [3.05, 3.63) is 48.2 Å². The van der Waals surface area contributed by atoms with Gasteiger partial charge in [-0.15, -0.1) is 0 Å². The van der Waals surface area contributed by atoms with Crippen molar-refractivity contribution in [1.82, 2.24) is 5.32 Å². The zero-order chi connectivity index (χ0) is 10.8. The van der Waals surface area contributed by atoms with E-state index in [0.29, 0.717) is 0 Å². The highest BCUT2D eigenvalue weighted by Crippen LogP contribution is 2.21. The smallest absolute Gasteiger partial charge is 0.133 e. The average Bonchev–Trinajstić information content (AvgIpc) is 3.03. The van der Waals surface area contributed by atoms with Crippen molar-refractivity contribution in [3.8, 4) is 11.3 Å². The number of aliphatic imine (C=N–C) groups is 1. The number of hydrogen-bond acceptors (Lipinski definition) is 3. The molecule has 2 heterocycles. The molecular weight excluding hydrogens is 200 g/mol. The molecule has 3 nitrogen and oxygen atoms in total. The molecule has 3 heteroatoms. The second-order valence-electron chi connectivity index (χ2n) is 3.72. The summed E-state index contributed by atoms with van der Waals surface area (Å²) in [6.07, 6.45) is 1.69. The van der Waals surface area contributed by atoms with Crippen LogP contribution >= 0.6 is 0 Å². The lowest BCUT2D eigenvalue weighted by atomic mass is 10.1. The Kier molecular flexibility index (Phi) is 2.22. The van der Waals surface area contributed by atoms with Crippen LogP contribution in [0.1, 0.15) is 5.56 Å². The second kappa shape index (κ2) is 3.85. The van der Waals surface area contributed by atoms with Crippen LogP contribution in [0.2, 0.25) is 0 Å². The molecule has 1 aromatic carbocycles. The van der Waals surface area contributed by atoms with Crippen LogP contribution in [0.25, 0.3) is 11.3 Å². The molecule has 0 radical (unpaired) electrons. The first kappa shape index (κ1) is 9.21.